The van der Waals surface area contributed by atoms with E-state index in [2.05, 4.69) is 38.2 Å². The maximum atomic E-state index is 6.25. The van der Waals surface area contributed by atoms with Gasteiger partial charge in [-0.2, -0.15) is 0 Å². The van der Waals surface area contributed by atoms with E-state index in [1.54, 1.807) is 0 Å². The van der Waals surface area contributed by atoms with Crippen LogP contribution in [0.2, 0.25) is 13.7 Å². The fourth-order valence-corrected chi connectivity index (χ4v) is 4.12. The summed E-state index contributed by atoms with van der Waals surface area (Å²) < 4.78 is 1.47. The molecule has 1 nitrogen and oxygen atoms in total. The van der Waals surface area contributed by atoms with Gasteiger partial charge in [0.05, 0.1) is 8.67 Å². The van der Waals surface area contributed by atoms with Crippen molar-refractivity contribution >= 4 is 46.1 Å². The molecule has 2 aromatic rings. The van der Waals surface area contributed by atoms with E-state index in [0.29, 0.717) is 5.92 Å². The second-order valence-electron chi connectivity index (χ2n) is 5.44. The van der Waals surface area contributed by atoms with Crippen LogP contribution in [0.1, 0.15) is 44.0 Å². The standard InChI is InChI=1S/C16H18Cl3NS/c1-9(2)15(11-4-6-12(17)7-5-11)20-10(3)13-8-14(18)21-16(13)19/h4-10,15,20H,1-3H3. The molecule has 0 saturated heterocycles. The van der Waals surface area contributed by atoms with Gasteiger partial charge in [0.15, 0.2) is 0 Å². The molecule has 1 heterocycles. The summed E-state index contributed by atoms with van der Waals surface area (Å²) in [6.07, 6.45) is 0. The topological polar surface area (TPSA) is 12.0 Å². The van der Waals surface area contributed by atoms with Gasteiger partial charge in [-0.15, -0.1) is 11.3 Å². The van der Waals surface area contributed by atoms with Crippen LogP contribution in [0.15, 0.2) is 30.3 Å². The van der Waals surface area contributed by atoms with Crippen LogP contribution in [-0.4, -0.2) is 0 Å². The molecule has 1 aromatic carbocycles. The fraction of sp³-hybridized carbons (Fsp3) is 0.375. The summed E-state index contributed by atoms with van der Waals surface area (Å²) >= 11 is 19.7. The minimum Gasteiger partial charge on any atom is -0.303 e. The molecule has 0 radical (unpaired) electrons. The molecule has 1 aromatic heterocycles. The van der Waals surface area contributed by atoms with E-state index < -0.39 is 0 Å². The number of rotatable bonds is 5. The number of benzene rings is 1. The van der Waals surface area contributed by atoms with Gasteiger partial charge in [0.1, 0.15) is 0 Å². The highest BCUT2D eigenvalue weighted by atomic mass is 35.5. The zero-order valence-corrected chi connectivity index (χ0v) is 15.2. The summed E-state index contributed by atoms with van der Waals surface area (Å²) in [5.41, 5.74) is 2.27. The summed E-state index contributed by atoms with van der Waals surface area (Å²) in [6.45, 7) is 6.50. The lowest BCUT2D eigenvalue weighted by atomic mass is 9.94. The lowest BCUT2D eigenvalue weighted by Gasteiger charge is -2.27. The van der Waals surface area contributed by atoms with Gasteiger partial charge in [0.2, 0.25) is 0 Å². The molecule has 0 aliphatic carbocycles. The Hall–Kier alpha value is -0.250. The van der Waals surface area contributed by atoms with E-state index in [9.17, 15) is 0 Å². The summed E-state index contributed by atoms with van der Waals surface area (Å²) in [5, 5.41) is 4.39. The largest absolute Gasteiger partial charge is 0.303 e. The number of halogens is 3. The third kappa shape index (κ3) is 4.37. The molecular weight excluding hydrogens is 345 g/mol. The first kappa shape index (κ1) is 17.1. The van der Waals surface area contributed by atoms with Crippen molar-refractivity contribution in [3.05, 3.63) is 55.2 Å². The Kier molecular flexibility index (Phi) is 5.98. The number of hydrogen-bond donors (Lipinski definition) is 1. The first-order chi connectivity index (χ1) is 9.88. The number of thiophene rings is 1. The second-order valence-corrected chi connectivity index (χ2v) is 8.16. The lowest BCUT2D eigenvalue weighted by Crippen LogP contribution is -2.28. The van der Waals surface area contributed by atoms with Crippen molar-refractivity contribution in [1.29, 1.82) is 0 Å². The van der Waals surface area contributed by atoms with Crippen molar-refractivity contribution in [2.75, 3.05) is 0 Å². The average molecular weight is 363 g/mol. The Morgan fingerprint density at radius 1 is 1.00 bits per heavy atom. The van der Waals surface area contributed by atoms with Gasteiger partial charge >= 0.3 is 0 Å². The van der Waals surface area contributed by atoms with Gasteiger partial charge in [-0.1, -0.05) is 60.8 Å². The van der Waals surface area contributed by atoms with E-state index in [1.807, 2.05) is 18.2 Å². The predicted molar refractivity (Wildman–Crippen MR) is 94.9 cm³/mol. The van der Waals surface area contributed by atoms with Gasteiger partial charge in [0, 0.05) is 17.1 Å². The molecule has 0 aliphatic heterocycles. The molecule has 0 spiro atoms. The van der Waals surface area contributed by atoms with E-state index in [4.69, 9.17) is 34.8 Å². The van der Waals surface area contributed by atoms with Crippen molar-refractivity contribution in [3.8, 4) is 0 Å². The molecule has 5 heteroatoms. The molecule has 0 aliphatic rings. The van der Waals surface area contributed by atoms with Crippen molar-refractivity contribution in [2.45, 2.75) is 32.9 Å². The Balaban J connectivity index is 2.20. The summed E-state index contributed by atoms with van der Waals surface area (Å²) in [5.74, 6) is 0.446. The van der Waals surface area contributed by atoms with Crippen LogP contribution >= 0.6 is 46.1 Å². The smallest absolute Gasteiger partial charge is 0.0991 e. The first-order valence-corrected chi connectivity index (χ1v) is 8.79. The van der Waals surface area contributed by atoms with Crippen LogP contribution in [0.25, 0.3) is 0 Å². The molecule has 0 saturated carbocycles. The first-order valence-electron chi connectivity index (χ1n) is 6.84. The minimum absolute atomic E-state index is 0.129. The van der Waals surface area contributed by atoms with Gasteiger partial charge in [-0.25, -0.2) is 0 Å². The third-order valence-corrected chi connectivity index (χ3v) is 5.24. The fourth-order valence-electron chi connectivity index (χ4n) is 2.35. The molecule has 21 heavy (non-hydrogen) atoms. The van der Waals surface area contributed by atoms with E-state index >= 15 is 0 Å². The summed E-state index contributed by atoms with van der Waals surface area (Å²) in [7, 11) is 0. The maximum Gasteiger partial charge on any atom is 0.0991 e. The molecule has 114 valence electrons. The van der Waals surface area contributed by atoms with Crippen LogP contribution in [-0.2, 0) is 0 Å². The highest BCUT2D eigenvalue weighted by Gasteiger charge is 2.21. The van der Waals surface area contributed by atoms with E-state index in [0.717, 1.165) is 19.3 Å². The number of hydrogen-bond acceptors (Lipinski definition) is 2. The monoisotopic (exact) mass is 361 g/mol. The highest BCUT2D eigenvalue weighted by Crippen LogP contribution is 2.36. The molecule has 0 amide bonds. The van der Waals surface area contributed by atoms with Crippen LogP contribution in [0.5, 0.6) is 0 Å². The quantitative estimate of drug-likeness (QED) is 0.619. The molecule has 0 bridgehead atoms. The molecular formula is C16H18Cl3NS. The van der Waals surface area contributed by atoms with E-state index in [1.165, 1.54) is 16.9 Å². The van der Waals surface area contributed by atoms with Crippen molar-refractivity contribution in [3.63, 3.8) is 0 Å². The Morgan fingerprint density at radius 3 is 2.10 bits per heavy atom. The lowest BCUT2D eigenvalue weighted by molar-refractivity contribution is 0.375. The van der Waals surface area contributed by atoms with Gasteiger partial charge in [-0.05, 0) is 42.2 Å². The molecule has 2 rings (SSSR count). The van der Waals surface area contributed by atoms with Crippen molar-refractivity contribution in [1.82, 2.24) is 5.32 Å². The SMILES string of the molecule is CC(NC(c1ccc(Cl)cc1)C(C)C)c1cc(Cl)sc1Cl. The van der Waals surface area contributed by atoms with Crippen LogP contribution in [0.4, 0.5) is 0 Å². The summed E-state index contributed by atoms with van der Waals surface area (Å²) in [6, 6.07) is 10.3. The van der Waals surface area contributed by atoms with Crippen LogP contribution in [0, 0.1) is 5.92 Å². The normalized spacial score (nSPS) is 14.4. The maximum absolute atomic E-state index is 6.25. The predicted octanol–water partition coefficient (Wildman–Crippen LogP) is 6.76. The average Bonchev–Trinajstić information content (AvgIpc) is 2.76. The molecule has 0 fully saturated rings. The zero-order chi connectivity index (χ0) is 15.6. The molecule has 2 atom stereocenters. The van der Waals surface area contributed by atoms with Crippen LogP contribution in [0.3, 0.4) is 0 Å². The minimum atomic E-state index is 0.129. The second kappa shape index (κ2) is 7.34. The molecule has 1 N–H and O–H groups in total. The Bertz CT molecular complexity index is 592. The third-order valence-electron chi connectivity index (χ3n) is 3.47. The van der Waals surface area contributed by atoms with Crippen LogP contribution < -0.4 is 5.32 Å². The number of nitrogens with one attached hydrogen (secondary N) is 1. The van der Waals surface area contributed by atoms with Gasteiger partial charge < -0.3 is 5.32 Å². The summed E-state index contributed by atoms with van der Waals surface area (Å²) in [4.78, 5) is 0. The molecule has 2 unspecified atom stereocenters. The Labute approximate surface area is 145 Å². The Morgan fingerprint density at radius 2 is 1.62 bits per heavy atom. The highest BCUT2D eigenvalue weighted by molar-refractivity contribution is 7.20. The van der Waals surface area contributed by atoms with Crippen molar-refractivity contribution in [2.24, 2.45) is 5.92 Å². The van der Waals surface area contributed by atoms with Gasteiger partial charge in [0.25, 0.3) is 0 Å². The zero-order valence-electron chi connectivity index (χ0n) is 12.2. The van der Waals surface area contributed by atoms with Crippen molar-refractivity contribution < 1.29 is 0 Å². The van der Waals surface area contributed by atoms with Gasteiger partial charge in [-0.3, -0.25) is 0 Å². The van der Waals surface area contributed by atoms with E-state index in [-0.39, 0.29) is 12.1 Å².